The van der Waals surface area contributed by atoms with E-state index in [1.807, 2.05) is 54.6 Å². The normalized spacial score (nSPS) is 23.8. The molecule has 3 nitrogen and oxygen atoms in total. The minimum Gasteiger partial charge on any atom is -0.489 e. The lowest BCUT2D eigenvalue weighted by atomic mass is 9.89. The van der Waals surface area contributed by atoms with Crippen LogP contribution in [0.25, 0.3) is 0 Å². The second-order valence-electron chi connectivity index (χ2n) is 6.59. The maximum Gasteiger partial charge on any atom is 0.192 e. The van der Waals surface area contributed by atoms with Gasteiger partial charge in [-0.05, 0) is 48.6 Å². The Morgan fingerprint density at radius 3 is 2.50 bits per heavy atom. The summed E-state index contributed by atoms with van der Waals surface area (Å²) in [5.41, 5.74) is 1.95. The molecule has 1 fully saturated rings. The van der Waals surface area contributed by atoms with Crippen LogP contribution in [0, 0.1) is 5.92 Å². The molecule has 0 aliphatic carbocycles. The van der Waals surface area contributed by atoms with Gasteiger partial charge in [0.15, 0.2) is 5.79 Å². The Bertz CT molecular complexity index is 613. The van der Waals surface area contributed by atoms with E-state index < -0.39 is 5.79 Å². The topological polar surface area (TPSA) is 38.7 Å². The Labute approximate surface area is 144 Å². The highest BCUT2D eigenvalue weighted by Gasteiger charge is 2.35. The van der Waals surface area contributed by atoms with Gasteiger partial charge in [-0.15, -0.1) is 0 Å². The van der Waals surface area contributed by atoms with E-state index in [2.05, 4.69) is 6.92 Å². The van der Waals surface area contributed by atoms with Crippen molar-refractivity contribution in [2.45, 2.75) is 45.0 Å². The second-order valence-corrected chi connectivity index (χ2v) is 6.59. The Morgan fingerprint density at radius 2 is 1.88 bits per heavy atom. The third kappa shape index (κ3) is 4.16. The Balaban J connectivity index is 1.58. The van der Waals surface area contributed by atoms with Crippen molar-refractivity contribution in [1.29, 1.82) is 0 Å². The average Bonchev–Trinajstić information content (AvgIpc) is 2.64. The summed E-state index contributed by atoms with van der Waals surface area (Å²) in [6.45, 7) is 3.37. The van der Waals surface area contributed by atoms with Crippen molar-refractivity contribution in [2.75, 3.05) is 6.61 Å². The number of aliphatic hydroxyl groups is 1. The third-order valence-corrected chi connectivity index (χ3v) is 4.70. The quantitative estimate of drug-likeness (QED) is 0.840. The molecule has 0 saturated carbocycles. The van der Waals surface area contributed by atoms with Crippen LogP contribution in [-0.2, 0) is 17.1 Å². The van der Waals surface area contributed by atoms with Crippen LogP contribution in [0.4, 0.5) is 0 Å². The van der Waals surface area contributed by atoms with E-state index in [0.717, 1.165) is 23.3 Å². The fourth-order valence-electron chi connectivity index (χ4n) is 3.23. The summed E-state index contributed by atoms with van der Waals surface area (Å²) >= 11 is 0. The van der Waals surface area contributed by atoms with Gasteiger partial charge in [0.25, 0.3) is 0 Å². The van der Waals surface area contributed by atoms with Gasteiger partial charge in [0.05, 0.1) is 6.61 Å². The predicted molar refractivity (Wildman–Crippen MR) is 94.7 cm³/mol. The third-order valence-electron chi connectivity index (χ3n) is 4.70. The zero-order valence-electron chi connectivity index (χ0n) is 14.3. The molecule has 2 atom stereocenters. The first-order valence-corrected chi connectivity index (χ1v) is 8.83. The number of ether oxygens (including phenoxy) is 2. The van der Waals surface area contributed by atoms with Gasteiger partial charge in [0.2, 0.25) is 0 Å². The highest BCUT2D eigenvalue weighted by molar-refractivity contribution is 5.30. The number of rotatable bonds is 6. The van der Waals surface area contributed by atoms with E-state index in [4.69, 9.17) is 9.47 Å². The van der Waals surface area contributed by atoms with Crippen molar-refractivity contribution >= 4 is 0 Å². The molecule has 0 spiro atoms. The highest BCUT2D eigenvalue weighted by atomic mass is 16.6. The van der Waals surface area contributed by atoms with Crippen LogP contribution < -0.4 is 4.74 Å². The maximum atomic E-state index is 10.8. The Kier molecular flexibility index (Phi) is 5.54. The molecule has 128 valence electrons. The fraction of sp³-hybridized carbons (Fsp3) is 0.429. The van der Waals surface area contributed by atoms with E-state index >= 15 is 0 Å². The molecule has 0 radical (unpaired) electrons. The summed E-state index contributed by atoms with van der Waals surface area (Å²) in [6, 6.07) is 17.7. The lowest BCUT2D eigenvalue weighted by Gasteiger charge is -2.36. The van der Waals surface area contributed by atoms with Crippen LogP contribution in [0.15, 0.2) is 54.6 Å². The molecular formula is C21H26O3. The zero-order valence-corrected chi connectivity index (χ0v) is 14.3. The molecule has 0 amide bonds. The Hall–Kier alpha value is -1.84. The lowest BCUT2D eigenvalue weighted by molar-refractivity contribution is -0.245. The molecule has 1 N–H and O–H groups in total. The summed E-state index contributed by atoms with van der Waals surface area (Å²) in [4.78, 5) is 0. The van der Waals surface area contributed by atoms with Gasteiger partial charge in [-0.1, -0.05) is 43.7 Å². The van der Waals surface area contributed by atoms with Crippen LogP contribution in [0.1, 0.15) is 43.7 Å². The predicted octanol–water partition coefficient (Wildman–Crippen LogP) is 4.64. The minimum absolute atomic E-state index is 0.541. The van der Waals surface area contributed by atoms with E-state index in [9.17, 15) is 5.11 Å². The molecule has 3 heteroatoms. The van der Waals surface area contributed by atoms with Crippen LogP contribution >= 0.6 is 0 Å². The SMILES string of the molecule is CCC[C@H]1CC[C@@](O)(c2ccc(OCc3ccccc3)cc2)OC1. The van der Waals surface area contributed by atoms with Gasteiger partial charge in [-0.3, -0.25) is 0 Å². The van der Waals surface area contributed by atoms with Gasteiger partial charge in [-0.25, -0.2) is 0 Å². The van der Waals surface area contributed by atoms with Crippen molar-refractivity contribution in [3.63, 3.8) is 0 Å². The van der Waals surface area contributed by atoms with Gasteiger partial charge >= 0.3 is 0 Å². The molecular weight excluding hydrogens is 300 g/mol. The van der Waals surface area contributed by atoms with E-state index in [0.29, 0.717) is 25.6 Å². The molecule has 0 aromatic heterocycles. The first-order chi connectivity index (χ1) is 11.7. The van der Waals surface area contributed by atoms with Crippen molar-refractivity contribution < 1.29 is 14.6 Å². The molecule has 1 heterocycles. The van der Waals surface area contributed by atoms with E-state index in [-0.39, 0.29) is 0 Å². The highest BCUT2D eigenvalue weighted by Crippen LogP contribution is 2.36. The maximum absolute atomic E-state index is 10.8. The molecule has 1 aliphatic rings. The van der Waals surface area contributed by atoms with Gasteiger partial charge in [-0.2, -0.15) is 0 Å². The van der Waals surface area contributed by atoms with Crippen LogP contribution in [-0.4, -0.2) is 11.7 Å². The molecule has 2 aromatic carbocycles. The molecule has 1 saturated heterocycles. The van der Waals surface area contributed by atoms with Crippen molar-refractivity contribution in [3.05, 3.63) is 65.7 Å². The van der Waals surface area contributed by atoms with Crippen LogP contribution in [0.2, 0.25) is 0 Å². The number of benzene rings is 2. The van der Waals surface area contributed by atoms with Crippen LogP contribution in [0.3, 0.4) is 0 Å². The molecule has 24 heavy (non-hydrogen) atoms. The zero-order chi connectivity index (χ0) is 16.8. The average molecular weight is 326 g/mol. The number of hydrogen-bond acceptors (Lipinski definition) is 3. The minimum atomic E-state index is -1.15. The lowest BCUT2D eigenvalue weighted by Crippen LogP contribution is -2.36. The summed E-state index contributed by atoms with van der Waals surface area (Å²) in [5.74, 6) is 0.219. The largest absolute Gasteiger partial charge is 0.489 e. The van der Waals surface area contributed by atoms with Crippen LogP contribution in [0.5, 0.6) is 5.75 Å². The second kappa shape index (κ2) is 7.82. The molecule has 2 aromatic rings. The van der Waals surface area contributed by atoms with E-state index in [1.165, 1.54) is 12.8 Å². The van der Waals surface area contributed by atoms with Gasteiger partial charge < -0.3 is 14.6 Å². The first kappa shape index (κ1) is 17.0. The summed E-state index contributed by atoms with van der Waals surface area (Å²) in [6.07, 6.45) is 4.00. The van der Waals surface area contributed by atoms with Gasteiger partial charge in [0.1, 0.15) is 12.4 Å². The summed E-state index contributed by atoms with van der Waals surface area (Å²) in [7, 11) is 0. The smallest absolute Gasteiger partial charge is 0.192 e. The summed E-state index contributed by atoms with van der Waals surface area (Å²) < 4.78 is 11.6. The monoisotopic (exact) mass is 326 g/mol. The molecule has 0 bridgehead atoms. The van der Waals surface area contributed by atoms with Crippen molar-refractivity contribution in [2.24, 2.45) is 5.92 Å². The van der Waals surface area contributed by atoms with Gasteiger partial charge in [0, 0.05) is 12.0 Å². The van der Waals surface area contributed by atoms with Crippen molar-refractivity contribution in [3.8, 4) is 5.75 Å². The van der Waals surface area contributed by atoms with Crippen molar-refractivity contribution in [1.82, 2.24) is 0 Å². The number of hydrogen-bond donors (Lipinski definition) is 1. The standard InChI is InChI=1S/C21H26O3/c1-2-6-17-13-14-21(22,24-16-17)19-9-11-20(12-10-19)23-15-18-7-4-3-5-8-18/h3-5,7-12,17,22H,2,6,13-16H2,1H3/t17-,21-/m0/s1. The fourth-order valence-corrected chi connectivity index (χ4v) is 3.23. The first-order valence-electron chi connectivity index (χ1n) is 8.83. The molecule has 0 unspecified atom stereocenters. The summed E-state index contributed by atoms with van der Waals surface area (Å²) in [5, 5.41) is 10.8. The Morgan fingerprint density at radius 1 is 1.12 bits per heavy atom. The molecule has 1 aliphatic heterocycles. The molecule has 3 rings (SSSR count). The van der Waals surface area contributed by atoms with E-state index in [1.54, 1.807) is 0 Å².